The van der Waals surface area contributed by atoms with Crippen LogP contribution in [-0.4, -0.2) is 45.6 Å². The van der Waals surface area contributed by atoms with Gasteiger partial charge in [0, 0.05) is 25.7 Å². The summed E-state index contributed by atoms with van der Waals surface area (Å²) in [7, 11) is -3.65. The molecule has 1 fully saturated rings. The molecule has 0 amide bonds. The predicted molar refractivity (Wildman–Crippen MR) is 81.5 cm³/mol. The molecule has 21 heavy (non-hydrogen) atoms. The Labute approximate surface area is 126 Å². The van der Waals surface area contributed by atoms with E-state index in [0.717, 1.165) is 26.1 Å². The summed E-state index contributed by atoms with van der Waals surface area (Å²) in [6, 6.07) is 6.37. The average molecular weight is 313 g/mol. The van der Waals surface area contributed by atoms with E-state index in [-0.39, 0.29) is 10.9 Å². The number of nitrogens with two attached hydrogens (primary N) is 2. The summed E-state index contributed by atoms with van der Waals surface area (Å²) in [5.74, 6) is 1.25. The average Bonchev–Trinajstić information content (AvgIpc) is 2.37. The third kappa shape index (κ3) is 4.96. The van der Waals surface area contributed by atoms with Gasteiger partial charge in [-0.15, -0.1) is 0 Å². The number of likely N-dealkylation sites (tertiary alicyclic amines) is 1. The molecular weight excluding hydrogens is 290 g/mol. The fraction of sp³-hybridized carbons (Fsp3) is 0.571. The lowest BCUT2D eigenvalue weighted by atomic mass is 9.97. The van der Waals surface area contributed by atoms with E-state index in [2.05, 4.69) is 11.8 Å². The first-order valence-corrected chi connectivity index (χ1v) is 8.63. The summed E-state index contributed by atoms with van der Waals surface area (Å²) >= 11 is 0. The third-order valence-electron chi connectivity index (χ3n) is 3.60. The molecule has 2 rings (SSSR count). The first kappa shape index (κ1) is 16.2. The molecule has 0 spiro atoms. The van der Waals surface area contributed by atoms with Crippen molar-refractivity contribution < 1.29 is 13.2 Å². The standard InChI is InChI=1S/C14H23N3O3S/c1-11-8-12(15)10-17(9-11)6-7-20-13-2-4-14(5-3-13)21(16,18)19/h2-5,11-12H,6-10,15H2,1H3,(H2,16,18,19). The van der Waals surface area contributed by atoms with Gasteiger partial charge in [0.2, 0.25) is 10.0 Å². The molecule has 2 unspecified atom stereocenters. The minimum absolute atomic E-state index is 0.0886. The molecule has 1 aromatic carbocycles. The third-order valence-corrected chi connectivity index (χ3v) is 4.53. The van der Waals surface area contributed by atoms with E-state index in [4.69, 9.17) is 15.6 Å². The number of nitrogens with zero attached hydrogens (tertiary/aromatic N) is 1. The van der Waals surface area contributed by atoms with E-state index >= 15 is 0 Å². The molecule has 1 aliphatic heterocycles. The zero-order valence-corrected chi connectivity index (χ0v) is 13.1. The second kappa shape index (κ2) is 6.74. The van der Waals surface area contributed by atoms with Gasteiger partial charge in [-0.25, -0.2) is 13.6 Å². The minimum atomic E-state index is -3.65. The van der Waals surface area contributed by atoms with Crippen LogP contribution in [0.5, 0.6) is 5.75 Å². The Hall–Kier alpha value is -1.15. The highest BCUT2D eigenvalue weighted by atomic mass is 32.2. The van der Waals surface area contributed by atoms with Crippen LogP contribution in [0.3, 0.4) is 0 Å². The Morgan fingerprint density at radius 2 is 1.95 bits per heavy atom. The second-order valence-electron chi connectivity index (χ2n) is 5.73. The van der Waals surface area contributed by atoms with Crippen LogP contribution in [0.25, 0.3) is 0 Å². The number of hydrogen-bond donors (Lipinski definition) is 2. The number of piperidine rings is 1. The maximum atomic E-state index is 11.1. The van der Waals surface area contributed by atoms with E-state index in [1.165, 1.54) is 12.1 Å². The SMILES string of the molecule is CC1CC(N)CN(CCOc2ccc(S(N)(=O)=O)cc2)C1. The van der Waals surface area contributed by atoms with Crippen molar-refractivity contribution in [1.82, 2.24) is 4.90 Å². The molecule has 0 radical (unpaired) electrons. The number of rotatable bonds is 5. The highest BCUT2D eigenvalue weighted by Gasteiger charge is 2.21. The second-order valence-corrected chi connectivity index (χ2v) is 7.29. The van der Waals surface area contributed by atoms with Crippen LogP contribution in [0.4, 0.5) is 0 Å². The molecular formula is C14H23N3O3S. The molecule has 1 aliphatic rings. The van der Waals surface area contributed by atoms with Crippen LogP contribution >= 0.6 is 0 Å². The quantitative estimate of drug-likeness (QED) is 0.819. The topological polar surface area (TPSA) is 98.6 Å². The summed E-state index contributed by atoms with van der Waals surface area (Å²) in [5.41, 5.74) is 6.00. The lowest BCUT2D eigenvalue weighted by Crippen LogP contribution is -2.47. The lowest BCUT2D eigenvalue weighted by Gasteiger charge is -2.34. The molecule has 2 atom stereocenters. The predicted octanol–water partition coefficient (Wildman–Crippen LogP) is 0.382. The maximum Gasteiger partial charge on any atom is 0.238 e. The Bertz CT molecular complexity index is 549. The first-order valence-electron chi connectivity index (χ1n) is 7.08. The van der Waals surface area contributed by atoms with Crippen LogP contribution in [-0.2, 0) is 10.0 Å². The van der Waals surface area contributed by atoms with Crippen LogP contribution in [0.2, 0.25) is 0 Å². The smallest absolute Gasteiger partial charge is 0.238 e. The van der Waals surface area contributed by atoms with Crippen molar-refractivity contribution in [2.24, 2.45) is 16.8 Å². The number of benzene rings is 1. The van der Waals surface area contributed by atoms with Gasteiger partial charge in [0.05, 0.1) is 4.90 Å². The van der Waals surface area contributed by atoms with Gasteiger partial charge in [0.15, 0.2) is 0 Å². The fourth-order valence-corrected chi connectivity index (χ4v) is 3.23. The van der Waals surface area contributed by atoms with Gasteiger partial charge in [-0.05, 0) is 36.6 Å². The molecule has 6 nitrogen and oxygen atoms in total. The Kier molecular flexibility index (Phi) is 5.21. The number of sulfonamides is 1. The largest absolute Gasteiger partial charge is 0.492 e. The van der Waals surface area contributed by atoms with Gasteiger partial charge in [-0.2, -0.15) is 0 Å². The molecule has 7 heteroatoms. The summed E-state index contributed by atoms with van der Waals surface area (Å²) < 4.78 is 27.9. The van der Waals surface area contributed by atoms with Crippen LogP contribution in [0.15, 0.2) is 29.2 Å². The van der Waals surface area contributed by atoms with Crippen LogP contribution in [0.1, 0.15) is 13.3 Å². The van der Waals surface area contributed by atoms with Gasteiger partial charge < -0.3 is 10.5 Å². The van der Waals surface area contributed by atoms with E-state index in [1.54, 1.807) is 12.1 Å². The maximum absolute atomic E-state index is 11.1. The molecule has 1 aromatic rings. The number of primary sulfonamides is 1. The van der Waals surface area contributed by atoms with E-state index in [9.17, 15) is 8.42 Å². The molecule has 0 saturated carbocycles. The van der Waals surface area contributed by atoms with Gasteiger partial charge in [-0.1, -0.05) is 6.92 Å². The van der Waals surface area contributed by atoms with Crippen molar-refractivity contribution in [2.75, 3.05) is 26.2 Å². The Balaban J connectivity index is 1.81. The van der Waals surface area contributed by atoms with Crippen LogP contribution < -0.4 is 15.6 Å². The molecule has 0 aromatic heterocycles. The molecule has 1 heterocycles. The molecule has 4 N–H and O–H groups in total. The monoisotopic (exact) mass is 313 g/mol. The highest BCUT2D eigenvalue weighted by Crippen LogP contribution is 2.16. The van der Waals surface area contributed by atoms with Crippen molar-refractivity contribution in [2.45, 2.75) is 24.3 Å². The van der Waals surface area contributed by atoms with E-state index < -0.39 is 10.0 Å². The lowest BCUT2D eigenvalue weighted by molar-refractivity contribution is 0.140. The Morgan fingerprint density at radius 1 is 1.29 bits per heavy atom. The number of ether oxygens (including phenoxy) is 1. The normalized spacial score (nSPS) is 24.0. The first-order chi connectivity index (χ1) is 9.84. The summed E-state index contributed by atoms with van der Waals surface area (Å²) in [5, 5.41) is 5.04. The van der Waals surface area contributed by atoms with Crippen LogP contribution in [0, 0.1) is 5.92 Å². The fourth-order valence-electron chi connectivity index (χ4n) is 2.71. The van der Waals surface area contributed by atoms with E-state index in [0.29, 0.717) is 18.3 Å². The van der Waals surface area contributed by atoms with Crippen molar-refractivity contribution in [1.29, 1.82) is 0 Å². The van der Waals surface area contributed by atoms with Gasteiger partial charge in [-0.3, -0.25) is 4.90 Å². The summed E-state index contributed by atoms with van der Waals surface area (Å²) in [4.78, 5) is 2.39. The molecule has 0 bridgehead atoms. The van der Waals surface area contributed by atoms with Gasteiger partial charge in [0.1, 0.15) is 12.4 Å². The zero-order chi connectivity index (χ0) is 15.5. The van der Waals surface area contributed by atoms with Crippen molar-refractivity contribution in [3.8, 4) is 5.75 Å². The molecule has 1 saturated heterocycles. The van der Waals surface area contributed by atoms with E-state index in [1.807, 2.05) is 0 Å². The summed E-state index contributed by atoms with van der Waals surface area (Å²) in [6.45, 7) is 5.52. The number of hydrogen-bond acceptors (Lipinski definition) is 5. The zero-order valence-electron chi connectivity index (χ0n) is 12.2. The van der Waals surface area contributed by atoms with Gasteiger partial charge in [0.25, 0.3) is 0 Å². The molecule has 118 valence electrons. The van der Waals surface area contributed by atoms with Crippen molar-refractivity contribution in [3.63, 3.8) is 0 Å². The van der Waals surface area contributed by atoms with Crippen molar-refractivity contribution >= 4 is 10.0 Å². The highest BCUT2D eigenvalue weighted by molar-refractivity contribution is 7.89. The molecule has 0 aliphatic carbocycles. The Morgan fingerprint density at radius 3 is 2.52 bits per heavy atom. The minimum Gasteiger partial charge on any atom is -0.492 e. The van der Waals surface area contributed by atoms with Gasteiger partial charge >= 0.3 is 0 Å². The van der Waals surface area contributed by atoms with Crippen molar-refractivity contribution in [3.05, 3.63) is 24.3 Å². The summed E-state index contributed by atoms with van der Waals surface area (Å²) in [6.07, 6.45) is 1.08.